The van der Waals surface area contributed by atoms with Crippen LogP contribution in [-0.2, 0) is 4.79 Å². The molecule has 1 fully saturated rings. The van der Waals surface area contributed by atoms with E-state index in [0.29, 0.717) is 19.2 Å². The summed E-state index contributed by atoms with van der Waals surface area (Å²) in [4.78, 5) is 16.4. The molecule has 21 heavy (non-hydrogen) atoms. The highest BCUT2D eigenvalue weighted by atomic mass is 16.5. The summed E-state index contributed by atoms with van der Waals surface area (Å²) in [5.41, 5.74) is 0. The molecule has 0 radical (unpaired) electrons. The van der Waals surface area contributed by atoms with E-state index in [1.165, 1.54) is 6.42 Å². The van der Waals surface area contributed by atoms with Gasteiger partial charge in [-0.05, 0) is 45.4 Å². The minimum Gasteiger partial charge on any atom is -0.492 e. The van der Waals surface area contributed by atoms with Crippen molar-refractivity contribution in [3.63, 3.8) is 0 Å². The van der Waals surface area contributed by atoms with Gasteiger partial charge < -0.3 is 9.64 Å². The third-order valence-corrected chi connectivity index (χ3v) is 4.01. The van der Waals surface area contributed by atoms with Crippen LogP contribution in [-0.4, -0.2) is 55.0 Å². The molecule has 2 rings (SSSR count). The monoisotopic (exact) mass is 290 g/mol. The second kappa shape index (κ2) is 8.03. The Morgan fingerprint density at radius 1 is 1.33 bits per heavy atom. The van der Waals surface area contributed by atoms with Gasteiger partial charge in [0, 0.05) is 19.1 Å². The molecule has 4 nitrogen and oxygen atoms in total. The van der Waals surface area contributed by atoms with Crippen molar-refractivity contribution < 1.29 is 9.53 Å². The number of carbonyl (C=O) groups is 1. The van der Waals surface area contributed by atoms with Crippen molar-refractivity contribution >= 4 is 5.91 Å². The molecule has 0 N–H and O–H groups in total. The summed E-state index contributed by atoms with van der Waals surface area (Å²) < 4.78 is 5.66. The lowest BCUT2D eigenvalue weighted by molar-refractivity contribution is -0.135. The number of likely N-dealkylation sites (N-methyl/N-ethyl adjacent to an activating group) is 1. The van der Waals surface area contributed by atoms with Crippen LogP contribution in [0.3, 0.4) is 0 Å². The Balaban J connectivity index is 1.69. The smallest absolute Gasteiger partial charge is 0.236 e. The Bertz CT molecular complexity index is 436. The average Bonchev–Trinajstić information content (AvgIpc) is 2.48. The summed E-state index contributed by atoms with van der Waals surface area (Å²) in [5.74, 6) is 1.12. The van der Waals surface area contributed by atoms with Gasteiger partial charge in [0.05, 0.1) is 6.54 Å². The highest BCUT2D eigenvalue weighted by Crippen LogP contribution is 2.16. The summed E-state index contributed by atoms with van der Waals surface area (Å²) >= 11 is 0. The van der Waals surface area contributed by atoms with Crippen LogP contribution in [0.25, 0.3) is 0 Å². The molecular formula is C17H26N2O2. The second-order valence-electron chi connectivity index (χ2n) is 5.83. The summed E-state index contributed by atoms with van der Waals surface area (Å²) in [5, 5.41) is 0. The molecule has 1 aromatic rings. The van der Waals surface area contributed by atoms with Gasteiger partial charge in [0.25, 0.3) is 0 Å². The van der Waals surface area contributed by atoms with Gasteiger partial charge in [0.2, 0.25) is 5.91 Å². The number of hydrogen-bond acceptors (Lipinski definition) is 3. The number of benzene rings is 1. The zero-order valence-corrected chi connectivity index (χ0v) is 13.1. The Hall–Kier alpha value is -1.55. The first-order valence-corrected chi connectivity index (χ1v) is 7.82. The number of hydrogen-bond donors (Lipinski definition) is 0. The number of likely N-dealkylation sites (tertiary alicyclic amines) is 1. The molecule has 1 aromatic carbocycles. The van der Waals surface area contributed by atoms with E-state index in [4.69, 9.17) is 4.74 Å². The fourth-order valence-electron chi connectivity index (χ4n) is 2.71. The van der Waals surface area contributed by atoms with Crippen molar-refractivity contribution in [1.29, 1.82) is 0 Å². The molecule has 116 valence electrons. The van der Waals surface area contributed by atoms with Crippen LogP contribution in [0.2, 0.25) is 0 Å². The lowest BCUT2D eigenvalue weighted by Crippen LogP contribution is -2.46. The maximum Gasteiger partial charge on any atom is 0.236 e. The highest BCUT2D eigenvalue weighted by molar-refractivity contribution is 5.78. The van der Waals surface area contributed by atoms with Crippen molar-refractivity contribution in [3.8, 4) is 5.75 Å². The molecule has 0 spiro atoms. The molecule has 0 saturated carbocycles. The Morgan fingerprint density at radius 3 is 2.81 bits per heavy atom. The highest BCUT2D eigenvalue weighted by Gasteiger charge is 2.23. The number of ether oxygens (including phenoxy) is 1. The van der Waals surface area contributed by atoms with E-state index in [9.17, 15) is 4.79 Å². The molecule has 0 aliphatic carbocycles. The predicted octanol–water partition coefficient (Wildman–Crippen LogP) is 2.40. The van der Waals surface area contributed by atoms with Crippen LogP contribution in [0.4, 0.5) is 0 Å². The molecule has 1 aliphatic heterocycles. The van der Waals surface area contributed by atoms with E-state index in [2.05, 4.69) is 6.92 Å². The van der Waals surface area contributed by atoms with Crippen LogP contribution < -0.4 is 4.74 Å². The second-order valence-corrected chi connectivity index (χ2v) is 5.83. The summed E-state index contributed by atoms with van der Waals surface area (Å²) in [6, 6.07) is 10.2. The van der Waals surface area contributed by atoms with Gasteiger partial charge in [0.1, 0.15) is 12.4 Å². The van der Waals surface area contributed by atoms with Gasteiger partial charge in [-0.25, -0.2) is 0 Å². The number of rotatable bonds is 6. The van der Waals surface area contributed by atoms with Crippen molar-refractivity contribution in [1.82, 2.24) is 9.80 Å². The molecule has 1 aliphatic rings. The normalized spacial score (nSPS) is 18.8. The average molecular weight is 290 g/mol. The molecule has 1 amide bonds. The van der Waals surface area contributed by atoms with Gasteiger partial charge in [-0.15, -0.1) is 0 Å². The van der Waals surface area contributed by atoms with Crippen LogP contribution in [0.1, 0.15) is 26.2 Å². The third kappa shape index (κ3) is 5.05. The Kier molecular flexibility index (Phi) is 6.05. The fraction of sp³-hybridized carbons (Fsp3) is 0.588. The fourth-order valence-corrected chi connectivity index (χ4v) is 2.71. The molecule has 1 unspecified atom stereocenters. The zero-order valence-electron chi connectivity index (χ0n) is 13.1. The van der Waals surface area contributed by atoms with E-state index in [-0.39, 0.29) is 5.91 Å². The first-order valence-electron chi connectivity index (χ1n) is 7.82. The lowest BCUT2D eigenvalue weighted by atomic mass is 10.0. The quantitative estimate of drug-likeness (QED) is 0.806. The van der Waals surface area contributed by atoms with Crippen molar-refractivity contribution in [2.45, 2.75) is 32.2 Å². The number of piperidine rings is 1. The van der Waals surface area contributed by atoms with E-state index < -0.39 is 0 Å². The van der Waals surface area contributed by atoms with E-state index >= 15 is 0 Å². The van der Waals surface area contributed by atoms with E-state index in [0.717, 1.165) is 31.7 Å². The minimum atomic E-state index is 0.240. The van der Waals surface area contributed by atoms with Gasteiger partial charge in [-0.1, -0.05) is 18.2 Å². The molecule has 1 heterocycles. The topological polar surface area (TPSA) is 32.8 Å². The molecule has 4 heteroatoms. The third-order valence-electron chi connectivity index (χ3n) is 4.01. The summed E-state index contributed by atoms with van der Waals surface area (Å²) in [6.45, 7) is 4.89. The minimum absolute atomic E-state index is 0.240. The molecule has 1 saturated heterocycles. The van der Waals surface area contributed by atoms with Gasteiger partial charge in [-0.2, -0.15) is 0 Å². The van der Waals surface area contributed by atoms with Gasteiger partial charge in [-0.3, -0.25) is 9.69 Å². The molecular weight excluding hydrogens is 264 g/mol. The first kappa shape index (κ1) is 15.8. The summed E-state index contributed by atoms with van der Waals surface area (Å²) in [6.07, 6.45) is 3.51. The number of amides is 1. The van der Waals surface area contributed by atoms with E-state index in [1.54, 1.807) is 0 Å². The molecule has 0 aromatic heterocycles. The molecule has 1 atom stereocenters. The van der Waals surface area contributed by atoms with Gasteiger partial charge in [0.15, 0.2) is 0 Å². The maximum absolute atomic E-state index is 12.3. The van der Waals surface area contributed by atoms with Gasteiger partial charge >= 0.3 is 0 Å². The number of nitrogens with zero attached hydrogens (tertiary/aromatic N) is 2. The van der Waals surface area contributed by atoms with Crippen LogP contribution in [0.15, 0.2) is 30.3 Å². The number of para-hydroxylation sites is 1. The number of carbonyl (C=O) groups excluding carboxylic acids is 1. The zero-order chi connectivity index (χ0) is 15.1. The Morgan fingerprint density at radius 2 is 2.10 bits per heavy atom. The van der Waals surface area contributed by atoms with Crippen LogP contribution in [0, 0.1) is 0 Å². The first-order chi connectivity index (χ1) is 10.2. The SMILES string of the molecule is CC1CCCCN1C(=O)CN(C)CCOc1ccccc1. The van der Waals surface area contributed by atoms with Crippen molar-refractivity contribution in [2.75, 3.05) is 33.3 Å². The maximum atomic E-state index is 12.3. The largest absolute Gasteiger partial charge is 0.492 e. The van der Waals surface area contributed by atoms with Crippen molar-refractivity contribution in [3.05, 3.63) is 30.3 Å². The van der Waals surface area contributed by atoms with Crippen LogP contribution >= 0.6 is 0 Å². The Labute approximate surface area is 127 Å². The summed E-state index contributed by atoms with van der Waals surface area (Å²) in [7, 11) is 1.97. The predicted molar refractivity (Wildman–Crippen MR) is 84.5 cm³/mol. The standard InChI is InChI=1S/C17H26N2O2/c1-15-8-6-7-11-19(15)17(20)14-18(2)12-13-21-16-9-4-3-5-10-16/h3-5,9-10,15H,6-8,11-14H2,1-2H3. The van der Waals surface area contributed by atoms with Crippen molar-refractivity contribution in [2.24, 2.45) is 0 Å². The van der Waals surface area contributed by atoms with E-state index in [1.807, 2.05) is 47.2 Å². The molecule has 0 bridgehead atoms. The lowest BCUT2D eigenvalue weighted by Gasteiger charge is -2.34. The van der Waals surface area contributed by atoms with Crippen LogP contribution in [0.5, 0.6) is 5.75 Å².